The van der Waals surface area contributed by atoms with Gasteiger partial charge in [0.2, 0.25) is 0 Å². The summed E-state index contributed by atoms with van der Waals surface area (Å²) >= 11 is 0. The van der Waals surface area contributed by atoms with E-state index in [1.807, 2.05) is 13.8 Å². The fraction of sp³-hybridized carbons (Fsp3) is 0.357. The average Bonchev–Trinajstić information content (AvgIpc) is 2.88. The number of alkyl halides is 3. The van der Waals surface area contributed by atoms with Crippen molar-refractivity contribution < 1.29 is 17.9 Å². The largest absolute Gasteiger partial charge is 0.573 e. The molecule has 2 aromatic rings. The van der Waals surface area contributed by atoms with E-state index in [1.165, 1.54) is 24.3 Å². The van der Waals surface area contributed by atoms with Crippen molar-refractivity contribution in [3.63, 3.8) is 0 Å². The van der Waals surface area contributed by atoms with Crippen molar-refractivity contribution in [2.24, 2.45) is 5.73 Å². The highest BCUT2D eigenvalue weighted by molar-refractivity contribution is 5.59. The molecule has 1 aromatic carbocycles. The number of aromatic amines is 1. The maximum Gasteiger partial charge on any atom is 0.573 e. The molecular formula is C14H16F3N3O. The number of aromatic nitrogens is 2. The minimum absolute atomic E-state index is 0.261. The van der Waals surface area contributed by atoms with Crippen molar-refractivity contribution in [3.05, 3.63) is 36.3 Å². The number of hydrogen-bond donors (Lipinski definition) is 2. The quantitative estimate of drug-likeness (QED) is 0.907. The molecule has 0 aliphatic carbocycles. The van der Waals surface area contributed by atoms with Gasteiger partial charge in [0.25, 0.3) is 0 Å². The van der Waals surface area contributed by atoms with E-state index in [0.717, 1.165) is 0 Å². The molecule has 0 amide bonds. The van der Waals surface area contributed by atoms with Crippen LogP contribution in [-0.4, -0.2) is 16.3 Å². The molecule has 7 heteroatoms. The molecule has 0 aliphatic heterocycles. The van der Waals surface area contributed by atoms with Crippen LogP contribution in [0.25, 0.3) is 11.3 Å². The minimum atomic E-state index is -4.69. The number of benzene rings is 1. The smallest absolute Gasteiger partial charge is 0.406 e. The van der Waals surface area contributed by atoms with Gasteiger partial charge >= 0.3 is 6.36 Å². The molecule has 0 radical (unpaired) electrons. The molecule has 1 atom stereocenters. The fourth-order valence-corrected chi connectivity index (χ4v) is 1.76. The summed E-state index contributed by atoms with van der Waals surface area (Å²) in [6.07, 6.45) is -2.38. The van der Waals surface area contributed by atoms with Gasteiger partial charge in [-0.2, -0.15) is 0 Å². The first-order valence-corrected chi connectivity index (χ1v) is 6.42. The summed E-state index contributed by atoms with van der Waals surface area (Å²) in [6, 6.07) is 5.56. The molecule has 0 saturated carbocycles. The molecule has 0 fully saturated rings. The molecule has 0 spiro atoms. The van der Waals surface area contributed by atoms with Gasteiger partial charge < -0.3 is 15.5 Å². The van der Waals surface area contributed by atoms with Crippen molar-refractivity contribution in [3.8, 4) is 17.0 Å². The zero-order chi connectivity index (χ0) is 15.7. The van der Waals surface area contributed by atoms with Gasteiger partial charge in [0.15, 0.2) is 0 Å². The van der Waals surface area contributed by atoms with E-state index in [9.17, 15) is 13.2 Å². The lowest BCUT2D eigenvalue weighted by Gasteiger charge is -2.19. The summed E-state index contributed by atoms with van der Waals surface area (Å²) in [5, 5.41) is 0. The highest BCUT2D eigenvalue weighted by atomic mass is 19.4. The number of imidazole rings is 1. The molecule has 4 nitrogen and oxygen atoms in total. The number of nitrogens with one attached hydrogen (secondary N) is 1. The van der Waals surface area contributed by atoms with Crippen molar-refractivity contribution in [1.82, 2.24) is 9.97 Å². The molecule has 21 heavy (non-hydrogen) atoms. The van der Waals surface area contributed by atoms with Crippen LogP contribution in [0, 0.1) is 0 Å². The Labute approximate surface area is 120 Å². The molecule has 0 aliphatic rings. The first-order valence-electron chi connectivity index (χ1n) is 6.42. The van der Waals surface area contributed by atoms with Gasteiger partial charge in [0, 0.05) is 0 Å². The summed E-state index contributed by atoms with van der Waals surface area (Å²) in [5.41, 5.74) is 6.90. The third-order valence-electron chi connectivity index (χ3n) is 3.25. The van der Waals surface area contributed by atoms with E-state index < -0.39 is 11.9 Å². The van der Waals surface area contributed by atoms with Crippen molar-refractivity contribution >= 4 is 0 Å². The molecule has 2 rings (SSSR count). The van der Waals surface area contributed by atoms with Crippen LogP contribution in [0.15, 0.2) is 30.5 Å². The van der Waals surface area contributed by atoms with E-state index in [4.69, 9.17) is 5.73 Å². The lowest BCUT2D eigenvalue weighted by molar-refractivity contribution is -0.274. The predicted molar refractivity (Wildman–Crippen MR) is 72.5 cm³/mol. The van der Waals surface area contributed by atoms with Crippen molar-refractivity contribution in [2.75, 3.05) is 0 Å². The van der Waals surface area contributed by atoms with Crippen LogP contribution in [0.4, 0.5) is 13.2 Å². The second kappa shape index (κ2) is 5.40. The Bertz CT molecular complexity index is 603. The van der Waals surface area contributed by atoms with E-state index in [1.54, 1.807) is 6.20 Å². The minimum Gasteiger partial charge on any atom is -0.406 e. The summed E-state index contributed by atoms with van der Waals surface area (Å²) in [5.74, 6) is 0.374. The molecule has 1 unspecified atom stereocenters. The molecule has 1 heterocycles. The maximum atomic E-state index is 12.1. The average molecular weight is 299 g/mol. The highest BCUT2D eigenvalue weighted by Crippen LogP contribution is 2.27. The number of ether oxygens (including phenoxy) is 1. The van der Waals surface area contributed by atoms with Gasteiger partial charge in [-0.05, 0) is 43.2 Å². The first kappa shape index (κ1) is 15.4. The summed E-state index contributed by atoms with van der Waals surface area (Å²) in [7, 11) is 0. The number of nitrogens with two attached hydrogens (primary N) is 1. The van der Waals surface area contributed by atoms with Crippen molar-refractivity contribution in [2.45, 2.75) is 32.2 Å². The van der Waals surface area contributed by atoms with Gasteiger partial charge in [-0.25, -0.2) is 4.98 Å². The normalized spacial score (nSPS) is 14.8. The van der Waals surface area contributed by atoms with E-state index in [2.05, 4.69) is 14.7 Å². The second-order valence-corrected chi connectivity index (χ2v) is 4.99. The number of rotatable bonds is 4. The van der Waals surface area contributed by atoms with Gasteiger partial charge in [-0.3, -0.25) is 0 Å². The molecule has 3 N–H and O–H groups in total. The molecule has 0 bridgehead atoms. The number of nitrogens with zero attached hydrogens (tertiary/aromatic N) is 1. The lowest BCUT2D eigenvalue weighted by Crippen LogP contribution is -2.33. The van der Waals surface area contributed by atoms with Gasteiger partial charge in [-0.15, -0.1) is 13.2 Å². The summed E-state index contributed by atoms with van der Waals surface area (Å²) in [4.78, 5) is 7.31. The van der Waals surface area contributed by atoms with Crippen LogP contribution in [-0.2, 0) is 5.54 Å². The van der Waals surface area contributed by atoms with Crippen LogP contribution in [0.3, 0.4) is 0 Å². The Hall–Kier alpha value is -2.02. The lowest BCUT2D eigenvalue weighted by atomic mass is 10.00. The Morgan fingerprint density at radius 1 is 1.24 bits per heavy atom. The number of halogens is 3. The summed E-state index contributed by atoms with van der Waals surface area (Å²) in [6.45, 7) is 3.81. The second-order valence-electron chi connectivity index (χ2n) is 4.99. The van der Waals surface area contributed by atoms with Crippen LogP contribution >= 0.6 is 0 Å². The van der Waals surface area contributed by atoms with E-state index in [0.29, 0.717) is 23.5 Å². The van der Waals surface area contributed by atoms with Crippen LogP contribution < -0.4 is 10.5 Å². The van der Waals surface area contributed by atoms with Crippen LogP contribution in [0.2, 0.25) is 0 Å². The Morgan fingerprint density at radius 3 is 2.38 bits per heavy atom. The fourth-order valence-electron chi connectivity index (χ4n) is 1.76. The monoisotopic (exact) mass is 299 g/mol. The Morgan fingerprint density at radius 2 is 1.86 bits per heavy atom. The molecule has 0 saturated heterocycles. The third-order valence-corrected chi connectivity index (χ3v) is 3.25. The number of H-pyrrole nitrogens is 1. The standard InChI is InChI=1S/C14H16F3N3O/c1-3-13(2,18)12-19-8-11(20-12)9-4-6-10(7-5-9)21-14(15,16)17/h4-8H,3,18H2,1-2H3,(H,19,20). The Kier molecular flexibility index (Phi) is 3.95. The number of hydrogen-bond acceptors (Lipinski definition) is 3. The van der Waals surface area contributed by atoms with Crippen molar-refractivity contribution in [1.29, 1.82) is 0 Å². The van der Waals surface area contributed by atoms with Gasteiger partial charge in [-0.1, -0.05) is 6.92 Å². The zero-order valence-electron chi connectivity index (χ0n) is 11.7. The Balaban J connectivity index is 2.20. The predicted octanol–water partition coefficient (Wildman–Crippen LogP) is 3.56. The van der Waals surface area contributed by atoms with E-state index >= 15 is 0 Å². The van der Waals surface area contributed by atoms with E-state index in [-0.39, 0.29) is 5.75 Å². The molecular weight excluding hydrogens is 283 g/mol. The summed E-state index contributed by atoms with van der Waals surface area (Å²) < 4.78 is 40.1. The zero-order valence-corrected chi connectivity index (χ0v) is 11.7. The highest BCUT2D eigenvalue weighted by Gasteiger charge is 2.31. The van der Waals surface area contributed by atoms with Gasteiger partial charge in [0.1, 0.15) is 11.6 Å². The van der Waals surface area contributed by atoms with Gasteiger partial charge in [0.05, 0.1) is 17.4 Å². The SMILES string of the molecule is CCC(C)(N)c1ncc(-c2ccc(OC(F)(F)F)cc2)[nH]1. The molecule has 114 valence electrons. The van der Waals surface area contributed by atoms with Crippen LogP contribution in [0.5, 0.6) is 5.75 Å². The first-order chi connectivity index (χ1) is 9.71. The third kappa shape index (κ3) is 3.75. The topological polar surface area (TPSA) is 63.9 Å². The van der Waals surface area contributed by atoms with Crippen LogP contribution in [0.1, 0.15) is 26.1 Å². The maximum absolute atomic E-state index is 12.1. The molecule has 1 aromatic heterocycles.